The fourth-order valence-electron chi connectivity index (χ4n) is 15.7. The standard InChI is InChI=1S/3C31H24.C25H20/c1-23-18-30(28-16-8-14-26(20-28)24-10-4-2-5-11-24)22-31(19-23)29-17-9-15-27(21-29)25-12-6-3-7-13-25;1-23-18-30(25-12-6-3-7-13-25)22-31(19-23)29-17-9-16-28(21-29)27-15-8-14-26(20-27)24-10-4-2-5-11-24;1-23-9-5-12-25(19-23)27-14-7-16-29(21-27)31-18-8-17-30(22-31)28-15-6-13-26(20-28)24-10-3-2-4-11-24;1-19-10-9-13-21(18-19)23-15-6-8-17-25(23)24-16-7-5-14-22(24)20-11-3-2-4-12-20/h3*2-22H,1H3;2-18H,1H3. The molecule has 0 unspecified atom stereocenters. The number of benzene rings is 19. The van der Waals surface area contributed by atoms with Gasteiger partial charge in [-0.05, 0) is 260 Å². The van der Waals surface area contributed by atoms with Crippen molar-refractivity contribution in [2.24, 2.45) is 0 Å². The predicted molar refractivity (Wildman–Crippen MR) is 506 cm³/mol. The molecule has 0 heteroatoms. The van der Waals surface area contributed by atoms with Gasteiger partial charge in [0.05, 0.1) is 0 Å². The molecule has 118 heavy (non-hydrogen) atoms. The zero-order chi connectivity index (χ0) is 80.2. The van der Waals surface area contributed by atoms with Gasteiger partial charge in [-0.15, -0.1) is 0 Å². The summed E-state index contributed by atoms with van der Waals surface area (Å²) >= 11 is 0. The van der Waals surface area contributed by atoms with E-state index in [1.54, 1.807) is 0 Å². The summed E-state index contributed by atoms with van der Waals surface area (Å²) in [6.07, 6.45) is 0. The summed E-state index contributed by atoms with van der Waals surface area (Å²) in [6.45, 7) is 8.63. The molecule has 0 N–H and O–H groups in total. The first kappa shape index (κ1) is 77.1. The average molecular weight is 1510 g/mol. The Morgan fingerprint density at radius 3 is 0.492 bits per heavy atom. The van der Waals surface area contributed by atoms with Gasteiger partial charge in [-0.3, -0.25) is 0 Å². The van der Waals surface area contributed by atoms with Crippen LogP contribution in [0.25, 0.3) is 167 Å². The second-order valence-electron chi connectivity index (χ2n) is 30.3. The Kier molecular flexibility index (Phi) is 24.5. The molecule has 0 aliphatic carbocycles. The van der Waals surface area contributed by atoms with Crippen molar-refractivity contribution in [3.8, 4) is 167 Å². The summed E-state index contributed by atoms with van der Waals surface area (Å²) in [5.74, 6) is 0. The summed E-state index contributed by atoms with van der Waals surface area (Å²) in [5, 5.41) is 0. The molecular formula is C118H92. The van der Waals surface area contributed by atoms with Crippen LogP contribution >= 0.6 is 0 Å². The first-order valence-corrected chi connectivity index (χ1v) is 40.7. The second kappa shape index (κ2) is 37.4. The molecule has 19 aromatic rings. The van der Waals surface area contributed by atoms with E-state index >= 15 is 0 Å². The summed E-state index contributed by atoms with van der Waals surface area (Å²) < 4.78 is 0. The van der Waals surface area contributed by atoms with E-state index in [-0.39, 0.29) is 0 Å². The van der Waals surface area contributed by atoms with Crippen LogP contribution in [0, 0.1) is 27.7 Å². The van der Waals surface area contributed by atoms with Gasteiger partial charge in [-0.1, -0.05) is 442 Å². The number of aryl methyl sites for hydroxylation is 4. The van der Waals surface area contributed by atoms with E-state index in [2.05, 4.69) is 513 Å². The number of hydrogen-bond acceptors (Lipinski definition) is 0. The van der Waals surface area contributed by atoms with Crippen LogP contribution in [-0.4, -0.2) is 0 Å². The molecule has 0 spiro atoms. The summed E-state index contributed by atoms with van der Waals surface area (Å²) in [4.78, 5) is 0. The van der Waals surface area contributed by atoms with E-state index < -0.39 is 0 Å². The maximum Gasteiger partial charge on any atom is -0.00992 e. The van der Waals surface area contributed by atoms with Gasteiger partial charge >= 0.3 is 0 Å². The molecule has 0 saturated carbocycles. The first-order chi connectivity index (χ1) is 58.1. The van der Waals surface area contributed by atoms with Crippen molar-refractivity contribution in [2.75, 3.05) is 0 Å². The Balaban J connectivity index is 0.000000118. The minimum atomic E-state index is 1.23. The Labute approximate surface area is 697 Å². The van der Waals surface area contributed by atoms with E-state index in [0.717, 1.165) is 0 Å². The fraction of sp³-hybridized carbons (Fsp3) is 0.0339. The molecule has 0 saturated heterocycles. The van der Waals surface area contributed by atoms with Crippen LogP contribution in [0.2, 0.25) is 0 Å². The largest absolute Gasteiger partial charge is 0.0622 e. The quantitative estimate of drug-likeness (QED) is 0.0960. The van der Waals surface area contributed by atoms with Gasteiger partial charge in [-0.25, -0.2) is 0 Å². The zero-order valence-corrected chi connectivity index (χ0v) is 67.2. The van der Waals surface area contributed by atoms with E-state index in [1.165, 1.54) is 189 Å². The Bertz CT molecular complexity index is 6450. The maximum atomic E-state index is 2.31. The Morgan fingerprint density at radius 2 is 0.229 bits per heavy atom. The van der Waals surface area contributed by atoms with Crippen molar-refractivity contribution in [2.45, 2.75) is 27.7 Å². The molecule has 0 bridgehead atoms. The molecule has 0 aliphatic rings. The van der Waals surface area contributed by atoms with E-state index in [1.807, 2.05) is 0 Å². The van der Waals surface area contributed by atoms with Gasteiger partial charge in [0.25, 0.3) is 0 Å². The van der Waals surface area contributed by atoms with E-state index in [4.69, 9.17) is 0 Å². The third-order valence-corrected chi connectivity index (χ3v) is 21.6. The molecule has 0 atom stereocenters. The summed E-state index contributed by atoms with van der Waals surface area (Å²) in [7, 11) is 0. The van der Waals surface area contributed by atoms with Crippen molar-refractivity contribution in [3.05, 3.63) is 508 Å². The molecule has 564 valence electrons. The van der Waals surface area contributed by atoms with Crippen molar-refractivity contribution >= 4 is 0 Å². The smallest absolute Gasteiger partial charge is 0.00992 e. The van der Waals surface area contributed by atoms with Crippen molar-refractivity contribution in [1.29, 1.82) is 0 Å². The lowest BCUT2D eigenvalue weighted by Crippen LogP contribution is -1.89. The molecule has 19 rings (SSSR count). The van der Waals surface area contributed by atoms with Crippen LogP contribution in [0.5, 0.6) is 0 Å². The average Bonchev–Trinajstić information content (AvgIpc) is 0.885. The molecule has 0 amide bonds. The van der Waals surface area contributed by atoms with Crippen LogP contribution < -0.4 is 0 Å². The van der Waals surface area contributed by atoms with Gasteiger partial charge in [0.15, 0.2) is 0 Å². The molecule has 0 fully saturated rings. The zero-order valence-electron chi connectivity index (χ0n) is 67.2. The summed E-state index contributed by atoms with van der Waals surface area (Å²) in [5.41, 5.74) is 42.5. The Hall–Kier alpha value is -14.8. The highest BCUT2D eigenvalue weighted by molar-refractivity contribution is 5.92. The van der Waals surface area contributed by atoms with Gasteiger partial charge in [0, 0.05) is 0 Å². The molecule has 0 aromatic heterocycles. The maximum absolute atomic E-state index is 2.31. The van der Waals surface area contributed by atoms with Gasteiger partial charge < -0.3 is 0 Å². The number of rotatable bonds is 15. The molecular weight excluding hydrogens is 1420 g/mol. The minimum absolute atomic E-state index is 1.23. The second-order valence-corrected chi connectivity index (χ2v) is 30.3. The van der Waals surface area contributed by atoms with E-state index in [0.29, 0.717) is 0 Å². The highest BCUT2D eigenvalue weighted by Crippen LogP contribution is 2.41. The molecule has 0 nitrogen and oxygen atoms in total. The molecule has 19 aromatic carbocycles. The topological polar surface area (TPSA) is 0 Å². The fourth-order valence-corrected chi connectivity index (χ4v) is 15.7. The highest BCUT2D eigenvalue weighted by Gasteiger charge is 2.15. The lowest BCUT2D eigenvalue weighted by atomic mass is 9.89. The van der Waals surface area contributed by atoms with Crippen LogP contribution in [0.1, 0.15) is 22.3 Å². The molecule has 0 radical (unpaired) electrons. The lowest BCUT2D eigenvalue weighted by Gasteiger charge is -2.15. The van der Waals surface area contributed by atoms with Crippen molar-refractivity contribution < 1.29 is 0 Å². The third kappa shape index (κ3) is 19.3. The normalized spacial score (nSPS) is 10.7. The highest BCUT2D eigenvalue weighted by atomic mass is 14.2. The minimum Gasteiger partial charge on any atom is -0.0622 e. The number of hydrogen-bond donors (Lipinski definition) is 0. The van der Waals surface area contributed by atoms with Crippen molar-refractivity contribution in [3.63, 3.8) is 0 Å². The lowest BCUT2D eigenvalue weighted by molar-refractivity contribution is 1.46. The molecule has 0 aliphatic heterocycles. The Morgan fingerprint density at radius 1 is 0.0847 bits per heavy atom. The first-order valence-electron chi connectivity index (χ1n) is 40.7. The van der Waals surface area contributed by atoms with Crippen LogP contribution in [0.4, 0.5) is 0 Å². The van der Waals surface area contributed by atoms with Gasteiger partial charge in [0.2, 0.25) is 0 Å². The summed E-state index contributed by atoms with van der Waals surface area (Å²) in [6, 6.07) is 174. The monoisotopic (exact) mass is 1510 g/mol. The van der Waals surface area contributed by atoms with Gasteiger partial charge in [0.1, 0.15) is 0 Å². The van der Waals surface area contributed by atoms with Crippen LogP contribution in [0.3, 0.4) is 0 Å². The van der Waals surface area contributed by atoms with Crippen LogP contribution in [-0.2, 0) is 0 Å². The SMILES string of the molecule is Cc1cc(-c2cccc(-c3ccccc3)c2)cc(-c2cccc(-c3ccccc3)c2)c1.Cc1cc(-c2ccccc2)cc(-c2cccc(-c3cccc(-c4ccccc4)c3)c2)c1.Cc1cccc(-c2cccc(-c3cccc(-c4cccc(-c5ccccc5)c4)c3)c2)c1.Cc1cccc(-c2ccccc2-c2ccccc2-c2ccccc2)c1. The third-order valence-electron chi connectivity index (χ3n) is 21.6. The van der Waals surface area contributed by atoms with Gasteiger partial charge in [-0.2, -0.15) is 0 Å². The van der Waals surface area contributed by atoms with E-state index in [9.17, 15) is 0 Å². The predicted octanol–water partition coefficient (Wildman–Crippen LogP) is 33.0. The molecule has 0 heterocycles. The van der Waals surface area contributed by atoms with Crippen LogP contribution in [0.15, 0.2) is 485 Å². The van der Waals surface area contributed by atoms with Crippen molar-refractivity contribution in [1.82, 2.24) is 0 Å².